The number of urea groups is 1. The van der Waals surface area contributed by atoms with E-state index in [1.165, 1.54) is 0 Å². The number of aliphatic carboxylic acids is 1. The fraction of sp³-hybridized carbons (Fsp3) is 0.429. The molecule has 1 aliphatic heterocycles. The van der Waals surface area contributed by atoms with Crippen molar-refractivity contribution in [3.05, 3.63) is 28.2 Å². The summed E-state index contributed by atoms with van der Waals surface area (Å²) >= 11 is 3.39. The Labute approximate surface area is 126 Å². The van der Waals surface area contributed by atoms with E-state index in [1.54, 1.807) is 4.90 Å². The smallest absolute Gasteiger partial charge is 0.321 e. The molecule has 2 rings (SSSR count). The predicted octanol–water partition coefficient (Wildman–Crippen LogP) is 2.94. The molecule has 0 unspecified atom stereocenters. The van der Waals surface area contributed by atoms with E-state index >= 15 is 0 Å². The Kier molecular flexibility index (Phi) is 4.32. The number of nitrogens with one attached hydrogen (secondary N) is 1. The van der Waals surface area contributed by atoms with E-state index in [1.807, 2.05) is 32.0 Å². The third kappa shape index (κ3) is 3.12. The van der Waals surface area contributed by atoms with Crippen LogP contribution in [0.25, 0.3) is 0 Å². The van der Waals surface area contributed by atoms with Gasteiger partial charge in [0.25, 0.3) is 0 Å². The average molecular weight is 341 g/mol. The number of aryl methyl sites for hydroxylation is 1. The van der Waals surface area contributed by atoms with E-state index in [9.17, 15) is 9.59 Å². The van der Waals surface area contributed by atoms with Crippen LogP contribution in [-0.4, -0.2) is 35.1 Å². The topological polar surface area (TPSA) is 69.6 Å². The first-order valence-corrected chi connectivity index (χ1v) is 7.22. The molecule has 6 heteroatoms. The van der Waals surface area contributed by atoms with E-state index < -0.39 is 11.9 Å². The van der Waals surface area contributed by atoms with Crippen molar-refractivity contribution in [2.75, 3.05) is 18.4 Å². The summed E-state index contributed by atoms with van der Waals surface area (Å²) in [6, 6.07) is 5.43. The van der Waals surface area contributed by atoms with Crippen LogP contribution in [0.4, 0.5) is 10.5 Å². The molecule has 2 atom stereocenters. The monoisotopic (exact) mass is 340 g/mol. The van der Waals surface area contributed by atoms with Gasteiger partial charge in [0.05, 0.1) is 11.6 Å². The molecule has 5 nitrogen and oxygen atoms in total. The molecule has 0 aromatic heterocycles. The van der Waals surface area contributed by atoms with Crippen LogP contribution >= 0.6 is 15.9 Å². The summed E-state index contributed by atoms with van der Waals surface area (Å²) < 4.78 is 0.804. The Balaban J connectivity index is 2.06. The van der Waals surface area contributed by atoms with Crippen LogP contribution in [0.3, 0.4) is 0 Å². The van der Waals surface area contributed by atoms with Crippen LogP contribution in [-0.2, 0) is 4.79 Å². The number of benzene rings is 1. The number of carboxylic acid groups (broad SMARTS) is 1. The van der Waals surface area contributed by atoms with E-state index in [0.717, 1.165) is 10.0 Å². The first-order chi connectivity index (χ1) is 9.38. The number of hydrogen-bond acceptors (Lipinski definition) is 2. The number of anilines is 1. The highest BCUT2D eigenvalue weighted by Gasteiger charge is 2.37. The number of carboxylic acids is 1. The van der Waals surface area contributed by atoms with Gasteiger partial charge in [-0.15, -0.1) is 0 Å². The second-order valence-electron chi connectivity index (χ2n) is 5.24. The predicted molar refractivity (Wildman–Crippen MR) is 79.8 cm³/mol. The number of halogens is 1. The van der Waals surface area contributed by atoms with E-state index in [4.69, 9.17) is 5.11 Å². The maximum absolute atomic E-state index is 12.2. The number of carbonyl (C=O) groups excluding carboxylic acids is 1. The molecule has 1 aliphatic rings. The molecule has 2 amide bonds. The highest BCUT2D eigenvalue weighted by molar-refractivity contribution is 9.10. The molecule has 1 aromatic carbocycles. The molecule has 20 heavy (non-hydrogen) atoms. The second-order valence-corrected chi connectivity index (χ2v) is 6.09. The summed E-state index contributed by atoms with van der Waals surface area (Å²) in [6.45, 7) is 4.52. The van der Waals surface area contributed by atoms with E-state index in [0.29, 0.717) is 12.2 Å². The van der Waals surface area contributed by atoms with Gasteiger partial charge < -0.3 is 15.3 Å². The molecule has 0 aliphatic carbocycles. The van der Waals surface area contributed by atoms with Gasteiger partial charge in [0.2, 0.25) is 0 Å². The number of amides is 2. The molecule has 108 valence electrons. The number of carbonyl (C=O) groups is 2. The second kappa shape index (κ2) is 5.83. The minimum absolute atomic E-state index is 0.0285. The lowest BCUT2D eigenvalue weighted by molar-refractivity contribution is -0.142. The zero-order valence-electron chi connectivity index (χ0n) is 11.4. The molecule has 2 N–H and O–H groups in total. The molecule has 1 heterocycles. The summed E-state index contributed by atoms with van der Waals surface area (Å²) in [4.78, 5) is 24.8. The minimum atomic E-state index is -0.843. The number of hydrogen-bond donors (Lipinski definition) is 2. The van der Waals surface area contributed by atoms with Crippen LogP contribution in [0.15, 0.2) is 22.7 Å². The maximum atomic E-state index is 12.2. The van der Waals surface area contributed by atoms with Gasteiger partial charge in [-0.2, -0.15) is 0 Å². The van der Waals surface area contributed by atoms with Gasteiger partial charge in [0.15, 0.2) is 0 Å². The largest absolute Gasteiger partial charge is 0.481 e. The molecule has 0 radical (unpaired) electrons. The van der Waals surface area contributed by atoms with E-state index in [-0.39, 0.29) is 18.5 Å². The van der Waals surface area contributed by atoms with Crippen molar-refractivity contribution >= 4 is 33.6 Å². The van der Waals surface area contributed by atoms with Crippen molar-refractivity contribution in [1.29, 1.82) is 0 Å². The quantitative estimate of drug-likeness (QED) is 0.869. The molecule has 1 aromatic rings. The molecular weight excluding hydrogens is 324 g/mol. The Morgan fingerprint density at radius 1 is 1.40 bits per heavy atom. The van der Waals surface area contributed by atoms with Crippen LogP contribution < -0.4 is 5.32 Å². The van der Waals surface area contributed by atoms with Gasteiger partial charge in [0.1, 0.15) is 0 Å². The lowest BCUT2D eigenvalue weighted by Crippen LogP contribution is -2.34. The van der Waals surface area contributed by atoms with Gasteiger partial charge in [0, 0.05) is 17.6 Å². The molecule has 1 fully saturated rings. The first kappa shape index (κ1) is 14.8. The van der Waals surface area contributed by atoms with Crippen molar-refractivity contribution in [3.63, 3.8) is 0 Å². The summed E-state index contributed by atoms with van der Waals surface area (Å²) in [5.41, 5.74) is 1.74. The van der Waals surface area contributed by atoms with Crippen molar-refractivity contribution < 1.29 is 14.7 Å². The summed E-state index contributed by atoms with van der Waals surface area (Å²) in [6.07, 6.45) is 0. The number of nitrogens with zero attached hydrogens (tertiary/aromatic N) is 1. The molecule has 0 bridgehead atoms. The van der Waals surface area contributed by atoms with Crippen LogP contribution in [0.1, 0.15) is 12.5 Å². The third-order valence-electron chi connectivity index (χ3n) is 3.58. The third-order valence-corrected chi connectivity index (χ3v) is 4.27. The molecule has 1 saturated heterocycles. The molecular formula is C14H17BrN2O3. The number of rotatable bonds is 2. The van der Waals surface area contributed by atoms with Crippen LogP contribution in [0.2, 0.25) is 0 Å². The van der Waals surface area contributed by atoms with Crippen LogP contribution in [0.5, 0.6) is 0 Å². The van der Waals surface area contributed by atoms with Gasteiger partial charge in [-0.1, -0.05) is 13.0 Å². The summed E-state index contributed by atoms with van der Waals surface area (Å²) in [7, 11) is 0. The number of likely N-dealkylation sites (tertiary alicyclic amines) is 1. The van der Waals surface area contributed by atoms with Crippen molar-refractivity contribution in [2.24, 2.45) is 11.8 Å². The summed E-state index contributed by atoms with van der Waals surface area (Å²) in [5, 5.41) is 11.9. The van der Waals surface area contributed by atoms with Crippen LogP contribution in [0, 0.1) is 18.8 Å². The Hall–Kier alpha value is -1.56. The zero-order valence-corrected chi connectivity index (χ0v) is 13.0. The highest BCUT2D eigenvalue weighted by atomic mass is 79.9. The fourth-order valence-electron chi connectivity index (χ4n) is 2.38. The van der Waals surface area contributed by atoms with E-state index in [2.05, 4.69) is 21.2 Å². The Morgan fingerprint density at radius 3 is 2.70 bits per heavy atom. The average Bonchev–Trinajstić information content (AvgIpc) is 2.76. The van der Waals surface area contributed by atoms with Gasteiger partial charge in [-0.3, -0.25) is 4.79 Å². The van der Waals surface area contributed by atoms with Gasteiger partial charge in [-0.25, -0.2) is 4.79 Å². The molecule has 0 saturated carbocycles. The van der Waals surface area contributed by atoms with Gasteiger partial charge >= 0.3 is 12.0 Å². The zero-order chi connectivity index (χ0) is 14.9. The SMILES string of the molecule is Cc1ccc(Br)c(NC(=O)N2C[C@@H](C)[C@H](C(=O)O)C2)c1. The van der Waals surface area contributed by atoms with Crippen molar-refractivity contribution in [1.82, 2.24) is 4.90 Å². The Bertz CT molecular complexity index is 547. The summed E-state index contributed by atoms with van der Waals surface area (Å²) in [5.74, 6) is -1.36. The fourth-order valence-corrected chi connectivity index (χ4v) is 2.73. The lowest BCUT2D eigenvalue weighted by atomic mass is 9.99. The van der Waals surface area contributed by atoms with Crippen molar-refractivity contribution in [2.45, 2.75) is 13.8 Å². The Morgan fingerprint density at radius 2 is 2.10 bits per heavy atom. The maximum Gasteiger partial charge on any atom is 0.321 e. The minimum Gasteiger partial charge on any atom is -0.481 e. The first-order valence-electron chi connectivity index (χ1n) is 6.43. The lowest BCUT2D eigenvalue weighted by Gasteiger charge is -2.17. The van der Waals surface area contributed by atoms with Crippen molar-refractivity contribution in [3.8, 4) is 0 Å². The standard InChI is InChI=1S/C14H17BrN2O3/c1-8-3-4-11(15)12(5-8)16-14(20)17-6-9(2)10(7-17)13(18)19/h3-5,9-10H,6-7H2,1-2H3,(H,16,20)(H,18,19)/t9-,10-/m1/s1. The normalized spacial score (nSPS) is 21.9. The molecule has 0 spiro atoms. The highest BCUT2D eigenvalue weighted by Crippen LogP contribution is 2.26. The van der Waals surface area contributed by atoms with Gasteiger partial charge in [-0.05, 0) is 46.5 Å².